The third-order valence-electron chi connectivity index (χ3n) is 6.73. The van der Waals surface area contributed by atoms with Gasteiger partial charge in [0.05, 0.1) is 21.5 Å². The molecule has 214 valence electrons. The highest BCUT2D eigenvalue weighted by molar-refractivity contribution is 7.93. The van der Waals surface area contributed by atoms with Gasteiger partial charge in [-0.25, -0.2) is 18.0 Å². The van der Waals surface area contributed by atoms with E-state index in [0.29, 0.717) is 23.5 Å². The van der Waals surface area contributed by atoms with Gasteiger partial charge in [-0.1, -0.05) is 6.07 Å². The largest absolute Gasteiger partial charge is 0.383 e. The van der Waals surface area contributed by atoms with Gasteiger partial charge in [-0.15, -0.1) is 0 Å². The van der Waals surface area contributed by atoms with Gasteiger partial charge in [0.2, 0.25) is 5.92 Å². The molecular weight excluding hydrogens is 542 g/mol. The van der Waals surface area contributed by atoms with E-state index < -0.39 is 33.6 Å². The number of rotatable bonds is 6. The number of aryl methyl sites for hydroxylation is 1. The summed E-state index contributed by atoms with van der Waals surface area (Å²) in [6.45, 7) is 3.36. The predicted octanol–water partition coefficient (Wildman–Crippen LogP) is 4.03. The molecule has 0 spiro atoms. The first kappa shape index (κ1) is 29.3. The highest BCUT2D eigenvalue weighted by atomic mass is 32.2. The molecule has 0 radical (unpaired) electrons. The first-order valence-corrected chi connectivity index (χ1v) is 14.7. The lowest BCUT2D eigenvalue weighted by molar-refractivity contribution is -0.124. The van der Waals surface area contributed by atoms with Crippen LogP contribution < -0.4 is 10.2 Å². The summed E-state index contributed by atoms with van der Waals surface area (Å²) in [5.74, 6) is -3.93. The standard InChI is InChI=1S/C27H32F2N6O4S/c1-17-22(19-14-31-34(3)16-19)15-30-24(35-11-6-9-27(28,29)10-12-35)23(17)26(38)32-20-7-5-8-21(13-20)40(4,39)33-25(37)18(2)36/h5,7-8,13-16,18,36H,6,9-12H2,1-4H3,(H,32,38). The number of hydrogen-bond acceptors (Lipinski definition) is 7. The highest BCUT2D eigenvalue weighted by Crippen LogP contribution is 2.34. The van der Waals surface area contributed by atoms with Gasteiger partial charge in [0.1, 0.15) is 11.9 Å². The fraction of sp³-hybridized carbons (Fsp3) is 0.407. The van der Waals surface area contributed by atoms with Gasteiger partial charge in [0.25, 0.3) is 11.8 Å². The number of carbonyl (C=O) groups excluding carboxylic acids is 2. The summed E-state index contributed by atoms with van der Waals surface area (Å²) in [7, 11) is -1.43. The van der Waals surface area contributed by atoms with E-state index in [9.17, 15) is 27.7 Å². The second-order valence-corrected chi connectivity index (χ2v) is 12.2. The average Bonchev–Trinajstić information content (AvgIpc) is 3.22. The highest BCUT2D eigenvalue weighted by Gasteiger charge is 2.33. The van der Waals surface area contributed by atoms with Crippen molar-refractivity contribution in [2.75, 3.05) is 29.6 Å². The minimum atomic E-state index is -3.20. The number of benzene rings is 1. The fourth-order valence-corrected chi connectivity index (χ4v) is 5.81. The molecule has 4 rings (SSSR count). The lowest BCUT2D eigenvalue weighted by Crippen LogP contribution is -2.30. The molecule has 2 aromatic heterocycles. The zero-order chi connectivity index (χ0) is 29.2. The van der Waals surface area contributed by atoms with Gasteiger partial charge < -0.3 is 15.3 Å². The summed E-state index contributed by atoms with van der Waals surface area (Å²) in [6.07, 6.45) is 4.60. The lowest BCUT2D eigenvalue weighted by atomic mass is 9.99. The van der Waals surface area contributed by atoms with E-state index in [0.717, 1.165) is 5.56 Å². The summed E-state index contributed by atoms with van der Waals surface area (Å²) in [5, 5.41) is 16.5. The van der Waals surface area contributed by atoms with Crippen molar-refractivity contribution in [2.24, 2.45) is 11.4 Å². The van der Waals surface area contributed by atoms with E-state index in [1.807, 2.05) is 0 Å². The zero-order valence-electron chi connectivity index (χ0n) is 22.7. The second kappa shape index (κ2) is 11.4. The van der Waals surface area contributed by atoms with Gasteiger partial charge in [0, 0.05) is 73.3 Å². The summed E-state index contributed by atoms with van der Waals surface area (Å²) >= 11 is 0. The fourth-order valence-electron chi connectivity index (χ4n) is 4.53. The molecule has 0 bridgehead atoms. The molecule has 1 saturated heterocycles. The van der Waals surface area contributed by atoms with E-state index >= 15 is 0 Å². The van der Waals surface area contributed by atoms with Gasteiger partial charge in [-0.2, -0.15) is 9.46 Å². The molecule has 13 heteroatoms. The number of nitrogens with zero attached hydrogens (tertiary/aromatic N) is 5. The molecule has 2 unspecified atom stereocenters. The molecule has 2 N–H and O–H groups in total. The number of amides is 2. The van der Waals surface area contributed by atoms with Crippen molar-refractivity contribution in [1.82, 2.24) is 14.8 Å². The van der Waals surface area contributed by atoms with E-state index in [1.165, 1.54) is 25.3 Å². The van der Waals surface area contributed by atoms with E-state index in [2.05, 4.69) is 19.8 Å². The number of aliphatic hydroxyl groups is 1. The number of hydrogen-bond donors (Lipinski definition) is 2. The molecular formula is C27H32F2N6O4S. The number of pyridine rings is 1. The molecule has 2 amide bonds. The Bertz CT molecular complexity index is 1560. The van der Waals surface area contributed by atoms with Crippen molar-refractivity contribution in [3.8, 4) is 11.1 Å². The molecule has 3 heterocycles. The van der Waals surface area contributed by atoms with Crippen LogP contribution in [-0.4, -0.2) is 67.3 Å². The number of carbonyl (C=O) groups is 2. The number of nitrogens with one attached hydrogen (secondary N) is 1. The summed E-state index contributed by atoms with van der Waals surface area (Å²) in [5.41, 5.74) is 2.52. The van der Waals surface area contributed by atoms with Crippen molar-refractivity contribution < 1.29 is 27.7 Å². The quantitative estimate of drug-likeness (QED) is 0.455. The van der Waals surface area contributed by atoms with Crippen LogP contribution in [0.3, 0.4) is 0 Å². The zero-order valence-corrected chi connectivity index (χ0v) is 23.5. The Labute approximate surface area is 231 Å². The van der Waals surface area contributed by atoms with Crippen LogP contribution in [0.1, 0.15) is 42.1 Å². The Morgan fingerprint density at radius 3 is 2.65 bits per heavy atom. The Hall–Kier alpha value is -3.71. The molecule has 1 aliphatic heterocycles. The van der Waals surface area contributed by atoms with Crippen molar-refractivity contribution in [3.63, 3.8) is 0 Å². The Morgan fingerprint density at radius 1 is 1.23 bits per heavy atom. The average molecular weight is 575 g/mol. The van der Waals surface area contributed by atoms with Crippen molar-refractivity contribution in [3.05, 3.63) is 54.0 Å². The third-order valence-corrected chi connectivity index (χ3v) is 8.39. The van der Waals surface area contributed by atoms with Gasteiger partial charge in [-0.05, 0) is 44.0 Å². The van der Waals surface area contributed by atoms with Gasteiger partial charge >= 0.3 is 0 Å². The van der Waals surface area contributed by atoms with Gasteiger partial charge in [-0.3, -0.25) is 14.3 Å². The lowest BCUT2D eigenvalue weighted by Gasteiger charge is -2.26. The smallest absolute Gasteiger partial charge is 0.282 e. The van der Waals surface area contributed by atoms with E-state index in [-0.39, 0.29) is 42.0 Å². The normalized spacial score (nSPS) is 17.4. The van der Waals surface area contributed by atoms with Crippen LogP contribution in [0, 0.1) is 6.92 Å². The van der Waals surface area contributed by atoms with Gasteiger partial charge in [0.15, 0.2) is 0 Å². The maximum atomic E-state index is 14.1. The van der Waals surface area contributed by atoms with Crippen LogP contribution in [0.2, 0.25) is 0 Å². The van der Waals surface area contributed by atoms with Crippen molar-refractivity contribution in [1.29, 1.82) is 0 Å². The van der Waals surface area contributed by atoms with E-state index in [4.69, 9.17) is 0 Å². The summed E-state index contributed by atoms with van der Waals surface area (Å²) in [4.78, 5) is 32.2. The van der Waals surface area contributed by atoms with Crippen molar-refractivity contribution >= 4 is 33.0 Å². The number of halogens is 2. The molecule has 1 fully saturated rings. The molecule has 2 atom stereocenters. The molecule has 1 aromatic carbocycles. The van der Waals surface area contributed by atoms with Crippen LogP contribution in [0.15, 0.2) is 52.1 Å². The second-order valence-electron chi connectivity index (χ2n) is 9.98. The van der Waals surface area contributed by atoms with Crippen LogP contribution in [0.4, 0.5) is 20.3 Å². The SMILES string of the molecule is Cc1c(-c2cnn(C)c2)cnc(N2CCCC(F)(F)CC2)c1C(=O)Nc1cccc(S(C)(=O)=NC(=O)C(C)O)c1. The first-order valence-electron chi connectivity index (χ1n) is 12.7. The Morgan fingerprint density at radius 2 is 1.98 bits per heavy atom. The molecule has 0 saturated carbocycles. The Kier molecular flexibility index (Phi) is 8.36. The van der Waals surface area contributed by atoms with Crippen LogP contribution >= 0.6 is 0 Å². The minimum absolute atomic E-state index is 0.0398. The minimum Gasteiger partial charge on any atom is -0.383 e. The van der Waals surface area contributed by atoms with Crippen LogP contribution in [0.25, 0.3) is 11.1 Å². The van der Waals surface area contributed by atoms with Crippen LogP contribution in [-0.2, 0) is 21.6 Å². The molecule has 10 nitrogen and oxygen atoms in total. The van der Waals surface area contributed by atoms with Crippen molar-refractivity contribution in [2.45, 2.75) is 50.0 Å². The summed E-state index contributed by atoms with van der Waals surface area (Å²) in [6, 6.07) is 6.10. The molecule has 0 aliphatic carbocycles. The first-order chi connectivity index (χ1) is 18.8. The van der Waals surface area contributed by atoms with Crippen LogP contribution in [0.5, 0.6) is 0 Å². The summed E-state index contributed by atoms with van der Waals surface area (Å²) < 4.78 is 46.6. The molecule has 40 heavy (non-hydrogen) atoms. The monoisotopic (exact) mass is 574 g/mol. The number of aromatic nitrogens is 3. The maximum Gasteiger partial charge on any atom is 0.282 e. The maximum absolute atomic E-state index is 14.1. The number of alkyl halides is 2. The Balaban J connectivity index is 1.74. The molecule has 1 aliphatic rings. The topological polar surface area (TPSA) is 130 Å². The number of anilines is 2. The predicted molar refractivity (Wildman–Crippen MR) is 148 cm³/mol. The van der Waals surface area contributed by atoms with E-state index in [1.54, 1.807) is 54.3 Å². The third kappa shape index (κ3) is 6.53. The molecule has 3 aromatic rings. The number of aliphatic hydroxyl groups excluding tert-OH is 1.